The van der Waals surface area contributed by atoms with Gasteiger partial charge in [-0.25, -0.2) is 22.4 Å². The van der Waals surface area contributed by atoms with Crippen LogP contribution in [0.15, 0.2) is 6.07 Å². The number of nitrogens with one attached hydrogen (secondary N) is 2. The van der Waals surface area contributed by atoms with Gasteiger partial charge in [-0.2, -0.15) is 4.98 Å². The number of halogens is 4. The van der Waals surface area contributed by atoms with Gasteiger partial charge in [0.05, 0.1) is 18.8 Å². The van der Waals surface area contributed by atoms with Crippen LogP contribution in [0.4, 0.5) is 22.4 Å². The van der Waals surface area contributed by atoms with E-state index >= 15 is 0 Å². The van der Waals surface area contributed by atoms with Crippen LogP contribution in [0.3, 0.4) is 0 Å². The summed E-state index contributed by atoms with van der Waals surface area (Å²) in [5.74, 6) is -2.47. The highest BCUT2D eigenvalue weighted by Gasteiger charge is 2.27. The van der Waals surface area contributed by atoms with Crippen molar-refractivity contribution in [2.24, 2.45) is 7.05 Å². The van der Waals surface area contributed by atoms with E-state index in [9.17, 15) is 22.4 Å². The van der Waals surface area contributed by atoms with Gasteiger partial charge in [0.15, 0.2) is 17.4 Å². The summed E-state index contributed by atoms with van der Waals surface area (Å²) in [5.41, 5.74) is -0.479. The number of aromatic nitrogens is 2. The molecule has 1 heterocycles. The van der Waals surface area contributed by atoms with Crippen molar-refractivity contribution in [1.29, 1.82) is 0 Å². The van der Waals surface area contributed by atoms with Crippen molar-refractivity contribution in [2.75, 3.05) is 20.3 Å². The maximum Gasteiger partial charge on any atom is 0.314 e. The number of ether oxygens (including phenoxy) is 3. The van der Waals surface area contributed by atoms with Crippen LogP contribution >= 0.6 is 0 Å². The third-order valence-corrected chi connectivity index (χ3v) is 5.41. The zero-order valence-corrected chi connectivity index (χ0v) is 18.7. The summed E-state index contributed by atoms with van der Waals surface area (Å²) in [6.07, 6.45) is -0.280. The van der Waals surface area contributed by atoms with E-state index in [0.717, 1.165) is 12.8 Å². The van der Waals surface area contributed by atoms with Gasteiger partial charge in [0.25, 0.3) is 12.4 Å². The van der Waals surface area contributed by atoms with Crippen molar-refractivity contribution in [3.8, 4) is 11.8 Å². The minimum Gasteiger partial charge on any atom is -0.484 e. The molecule has 1 atom stereocenters. The number of nitrogens with zero attached hydrogens (tertiary/aromatic N) is 2. The quantitative estimate of drug-likeness (QED) is 0.541. The van der Waals surface area contributed by atoms with E-state index in [4.69, 9.17) is 14.2 Å². The molecule has 1 aliphatic carbocycles. The summed E-state index contributed by atoms with van der Waals surface area (Å²) >= 11 is 0. The number of aryl methyl sites for hydroxylation is 1. The van der Waals surface area contributed by atoms with E-state index < -0.39 is 30.4 Å². The average molecular weight is 476 g/mol. The number of benzene rings is 1. The van der Waals surface area contributed by atoms with Crippen molar-refractivity contribution >= 4 is 17.1 Å². The molecule has 3 rings (SSSR count). The number of imidazole rings is 1. The molecule has 0 spiro atoms. The van der Waals surface area contributed by atoms with Gasteiger partial charge in [-0.15, -0.1) is 0 Å². The molecule has 1 aliphatic rings. The molecule has 2 aromatic rings. The van der Waals surface area contributed by atoms with Crippen molar-refractivity contribution < 1.29 is 36.6 Å². The van der Waals surface area contributed by atoms with Gasteiger partial charge >= 0.3 is 6.03 Å². The second-order valence-electron chi connectivity index (χ2n) is 8.00. The van der Waals surface area contributed by atoms with Gasteiger partial charge in [-0.05, 0) is 32.6 Å². The Morgan fingerprint density at radius 2 is 1.88 bits per heavy atom. The number of hydrogen-bond acceptors (Lipinski definition) is 5. The number of urea groups is 1. The lowest BCUT2D eigenvalue weighted by Crippen LogP contribution is -2.42. The summed E-state index contributed by atoms with van der Waals surface area (Å²) in [6, 6.07) is 0.324. The Kier molecular flexibility index (Phi) is 8.22. The van der Waals surface area contributed by atoms with Crippen LogP contribution in [-0.4, -0.2) is 60.5 Å². The lowest BCUT2D eigenvalue weighted by atomic mass is 9.95. The molecule has 2 amide bonds. The van der Waals surface area contributed by atoms with Gasteiger partial charge in [0, 0.05) is 20.2 Å². The summed E-state index contributed by atoms with van der Waals surface area (Å²) in [6.45, 7) is 1.18. The van der Waals surface area contributed by atoms with Crippen LogP contribution in [-0.2, 0) is 11.8 Å². The van der Waals surface area contributed by atoms with Gasteiger partial charge in [-0.3, -0.25) is 4.57 Å². The number of carbonyl (C=O) groups is 1. The predicted molar refractivity (Wildman–Crippen MR) is 112 cm³/mol. The first-order valence-electron chi connectivity index (χ1n) is 10.7. The molecule has 1 saturated carbocycles. The minimum atomic E-state index is -2.82. The van der Waals surface area contributed by atoms with E-state index in [1.165, 1.54) is 18.7 Å². The molecule has 184 valence electrons. The van der Waals surface area contributed by atoms with Gasteiger partial charge < -0.3 is 24.8 Å². The maximum atomic E-state index is 14.8. The molecule has 1 aromatic carbocycles. The predicted octanol–water partition coefficient (Wildman–Crippen LogP) is 3.52. The molecule has 2 N–H and O–H groups in total. The average Bonchev–Trinajstić information content (AvgIpc) is 3.11. The second-order valence-corrected chi connectivity index (χ2v) is 8.00. The van der Waals surface area contributed by atoms with E-state index in [-0.39, 0.29) is 41.3 Å². The Morgan fingerprint density at radius 1 is 1.21 bits per heavy atom. The van der Waals surface area contributed by atoms with E-state index in [1.807, 2.05) is 6.92 Å². The highest BCUT2D eigenvalue weighted by atomic mass is 19.3. The van der Waals surface area contributed by atoms with E-state index in [2.05, 4.69) is 15.6 Å². The molecular formula is C21H28F4N4O4. The number of carbonyl (C=O) groups excluding carboxylic acids is 1. The topological polar surface area (TPSA) is 86.6 Å². The molecule has 8 nitrogen and oxygen atoms in total. The van der Waals surface area contributed by atoms with Gasteiger partial charge in [-0.1, -0.05) is 0 Å². The van der Waals surface area contributed by atoms with E-state index in [0.29, 0.717) is 25.5 Å². The molecule has 1 fully saturated rings. The number of amides is 2. The lowest BCUT2D eigenvalue weighted by Gasteiger charge is -2.29. The van der Waals surface area contributed by atoms with Crippen LogP contribution in [0.5, 0.6) is 11.8 Å². The third kappa shape index (κ3) is 6.18. The molecule has 0 aliphatic heterocycles. The molecule has 33 heavy (non-hydrogen) atoms. The van der Waals surface area contributed by atoms with Crippen molar-refractivity contribution in [3.63, 3.8) is 0 Å². The van der Waals surface area contributed by atoms with Crippen LogP contribution in [0.25, 0.3) is 11.0 Å². The largest absolute Gasteiger partial charge is 0.484 e. The zero-order valence-electron chi connectivity index (χ0n) is 18.7. The summed E-state index contributed by atoms with van der Waals surface area (Å²) in [5, 5.41) is 5.22. The Morgan fingerprint density at radius 3 is 2.52 bits per heavy atom. The molecule has 12 heteroatoms. The normalized spacial score (nSPS) is 19.5. The molecule has 0 radical (unpaired) electrons. The highest BCUT2D eigenvalue weighted by Crippen LogP contribution is 2.33. The number of alkyl halides is 2. The SMILES string of the molecule is CNC(=O)N[C@@H](C)CO[C@H]1CC[C@H](Oc2nc3c(F)cc(OCC(F)F)c(F)c3n2C)CC1. The number of rotatable bonds is 9. The molecule has 0 saturated heterocycles. The van der Waals surface area contributed by atoms with Crippen molar-refractivity contribution in [1.82, 2.24) is 20.2 Å². The fourth-order valence-corrected chi connectivity index (χ4v) is 3.71. The van der Waals surface area contributed by atoms with Crippen LogP contribution in [0.1, 0.15) is 32.6 Å². The molecule has 0 unspecified atom stereocenters. The van der Waals surface area contributed by atoms with Gasteiger partial charge in [0.1, 0.15) is 23.7 Å². The zero-order chi connectivity index (χ0) is 24.1. The standard InChI is InChI=1S/C21H28F4N4O4/c1-11(27-20(30)26-2)9-31-12-4-6-13(7-5-12)33-21-28-18-14(22)8-15(32-10-16(23)24)17(25)19(18)29(21)3/h8,11-13,16H,4-7,9-10H2,1-3H3,(H2,26,27,30)/t11-,12-,13-/m0/s1. The molecule has 0 bridgehead atoms. The fourth-order valence-electron chi connectivity index (χ4n) is 3.71. The summed E-state index contributed by atoms with van der Waals surface area (Å²) in [4.78, 5) is 15.4. The second kappa shape index (κ2) is 10.9. The first-order chi connectivity index (χ1) is 15.7. The van der Waals surface area contributed by atoms with Gasteiger partial charge in [0.2, 0.25) is 0 Å². The summed E-state index contributed by atoms with van der Waals surface area (Å²) in [7, 11) is 3.00. The Hall–Kier alpha value is -2.76. The smallest absolute Gasteiger partial charge is 0.314 e. The molecule has 1 aromatic heterocycles. The van der Waals surface area contributed by atoms with Crippen LogP contribution < -0.4 is 20.1 Å². The van der Waals surface area contributed by atoms with Crippen molar-refractivity contribution in [3.05, 3.63) is 17.7 Å². The Balaban J connectivity index is 1.59. The summed E-state index contributed by atoms with van der Waals surface area (Å²) < 4.78 is 71.6. The Labute approximate surface area is 188 Å². The first-order valence-corrected chi connectivity index (χ1v) is 10.7. The minimum absolute atomic E-state index is 0.0173. The number of hydrogen-bond donors (Lipinski definition) is 2. The van der Waals surface area contributed by atoms with E-state index in [1.54, 1.807) is 0 Å². The number of fused-ring (bicyclic) bond motifs is 1. The Bertz CT molecular complexity index is 964. The van der Waals surface area contributed by atoms with Crippen LogP contribution in [0.2, 0.25) is 0 Å². The van der Waals surface area contributed by atoms with Crippen molar-refractivity contribution in [2.45, 2.75) is 57.3 Å². The molecular weight excluding hydrogens is 448 g/mol. The maximum absolute atomic E-state index is 14.8. The fraction of sp³-hybridized carbons (Fsp3) is 0.619. The van der Waals surface area contributed by atoms with Crippen LogP contribution in [0, 0.1) is 11.6 Å². The first kappa shape index (κ1) is 24.9. The highest BCUT2D eigenvalue weighted by molar-refractivity contribution is 5.80. The third-order valence-electron chi connectivity index (χ3n) is 5.41. The monoisotopic (exact) mass is 476 g/mol. The lowest BCUT2D eigenvalue weighted by molar-refractivity contribution is -0.00557.